The van der Waals surface area contributed by atoms with Crippen molar-refractivity contribution in [2.45, 2.75) is 12.2 Å². The zero-order valence-electron chi connectivity index (χ0n) is 22.6. The highest BCUT2D eigenvalue weighted by Crippen LogP contribution is 2.29. The van der Waals surface area contributed by atoms with Crippen LogP contribution in [0.3, 0.4) is 0 Å². The minimum atomic E-state index is 0.140. The average Bonchev–Trinajstić information content (AvgIpc) is 3.97. The quantitative estimate of drug-likeness (QED) is 0.161. The third-order valence-corrected chi connectivity index (χ3v) is 6.71. The van der Waals surface area contributed by atoms with Crippen LogP contribution in [-0.2, 0) is 9.47 Å². The van der Waals surface area contributed by atoms with Gasteiger partial charge in [0.25, 0.3) is 0 Å². The molecule has 0 saturated carbocycles. The highest BCUT2D eigenvalue weighted by atomic mass is 16.6. The van der Waals surface area contributed by atoms with E-state index in [2.05, 4.69) is 15.0 Å². The van der Waals surface area contributed by atoms with Crippen molar-refractivity contribution in [2.75, 3.05) is 26.4 Å². The molecule has 3 heterocycles. The van der Waals surface area contributed by atoms with E-state index in [1.165, 1.54) is 6.33 Å². The molecule has 4 aromatic carbocycles. The Morgan fingerprint density at radius 3 is 1.17 bits per heavy atom. The fourth-order valence-corrected chi connectivity index (χ4v) is 4.20. The zero-order chi connectivity index (χ0) is 28.1. The summed E-state index contributed by atoms with van der Waals surface area (Å²) in [5, 5.41) is 0. The van der Waals surface area contributed by atoms with Gasteiger partial charge in [0.15, 0.2) is 0 Å². The first-order chi connectivity index (χ1) is 20.7. The van der Waals surface area contributed by atoms with Crippen molar-refractivity contribution in [3.8, 4) is 57.3 Å². The molecule has 210 valence electrons. The Hall–Kier alpha value is -4.99. The van der Waals surface area contributed by atoms with E-state index in [-0.39, 0.29) is 24.2 Å². The van der Waals surface area contributed by atoms with Crippen molar-refractivity contribution in [3.05, 3.63) is 103 Å². The molecular formula is C33H27N3O6. The summed E-state index contributed by atoms with van der Waals surface area (Å²) in [6.07, 6.45) is 1.83. The van der Waals surface area contributed by atoms with Crippen LogP contribution >= 0.6 is 0 Å². The SMILES string of the molecule is c1nc(Oc2ccc(-c3ccc(OCC4CO4)cc3)cc2)nc(Oc2ccc(-c3ccc(OCC4CO4)cc3)cc2)n1. The minimum absolute atomic E-state index is 0.140. The molecule has 2 atom stereocenters. The topological polar surface area (TPSA) is 101 Å². The van der Waals surface area contributed by atoms with Gasteiger partial charge >= 0.3 is 12.0 Å². The molecule has 5 aromatic rings. The lowest BCUT2D eigenvalue weighted by Gasteiger charge is -2.09. The Kier molecular flexibility index (Phi) is 7.32. The monoisotopic (exact) mass is 561 g/mol. The van der Waals surface area contributed by atoms with Crippen LogP contribution in [0.4, 0.5) is 0 Å². The molecule has 2 aliphatic rings. The molecule has 7 rings (SSSR count). The second kappa shape index (κ2) is 11.9. The number of aromatic nitrogens is 3. The molecule has 2 aliphatic heterocycles. The molecule has 0 radical (unpaired) electrons. The smallest absolute Gasteiger partial charge is 0.328 e. The summed E-state index contributed by atoms with van der Waals surface area (Å²) in [5.74, 6) is 2.85. The maximum Gasteiger partial charge on any atom is 0.328 e. The van der Waals surface area contributed by atoms with E-state index in [0.29, 0.717) is 24.7 Å². The molecule has 0 bridgehead atoms. The van der Waals surface area contributed by atoms with Crippen molar-refractivity contribution in [1.29, 1.82) is 0 Å². The molecule has 0 aliphatic carbocycles. The van der Waals surface area contributed by atoms with Crippen molar-refractivity contribution in [2.24, 2.45) is 0 Å². The van der Waals surface area contributed by atoms with E-state index in [1.54, 1.807) is 0 Å². The van der Waals surface area contributed by atoms with E-state index < -0.39 is 0 Å². The average molecular weight is 562 g/mol. The summed E-state index contributed by atoms with van der Waals surface area (Å²) in [4.78, 5) is 12.5. The van der Waals surface area contributed by atoms with Crippen LogP contribution in [0.25, 0.3) is 22.3 Å². The predicted octanol–water partition coefficient (Wildman–Crippen LogP) is 6.35. The summed E-state index contributed by atoms with van der Waals surface area (Å²) in [6, 6.07) is 31.6. The first kappa shape index (κ1) is 25.9. The normalized spacial score (nSPS) is 16.9. The third kappa shape index (κ3) is 6.83. The lowest BCUT2D eigenvalue weighted by Crippen LogP contribution is -2.03. The third-order valence-electron chi connectivity index (χ3n) is 6.71. The van der Waals surface area contributed by atoms with Crippen LogP contribution in [0.2, 0.25) is 0 Å². The van der Waals surface area contributed by atoms with E-state index in [4.69, 9.17) is 28.4 Å². The standard InChI is InChI=1S/C33H27N3O6/c1-9-26(37-17-30-19-39-30)10-2-22(1)24-5-13-28(14-6-24)41-32-34-21-35-33(36-32)42-29-15-7-25(8-16-29)23-3-11-27(12-4-23)38-18-31-20-40-31/h1-16,21,30-31H,17-20H2. The number of hydrogen-bond acceptors (Lipinski definition) is 9. The first-order valence-corrected chi connectivity index (χ1v) is 13.7. The second-order valence-electron chi connectivity index (χ2n) is 9.88. The zero-order valence-corrected chi connectivity index (χ0v) is 22.6. The number of benzene rings is 4. The van der Waals surface area contributed by atoms with Crippen molar-refractivity contribution in [3.63, 3.8) is 0 Å². The maximum absolute atomic E-state index is 5.86. The molecular weight excluding hydrogens is 534 g/mol. The largest absolute Gasteiger partial charge is 0.491 e. The number of epoxide rings is 2. The Bertz CT molecular complexity index is 1500. The summed E-state index contributed by atoms with van der Waals surface area (Å²) < 4.78 is 33.5. The highest BCUT2D eigenvalue weighted by Gasteiger charge is 2.23. The van der Waals surface area contributed by atoms with Gasteiger partial charge in [0.2, 0.25) is 0 Å². The van der Waals surface area contributed by atoms with Gasteiger partial charge in [-0.15, -0.1) is 4.98 Å². The van der Waals surface area contributed by atoms with Crippen LogP contribution in [0.5, 0.6) is 35.0 Å². The van der Waals surface area contributed by atoms with Gasteiger partial charge in [-0.2, -0.15) is 9.97 Å². The van der Waals surface area contributed by atoms with Gasteiger partial charge in [-0.3, -0.25) is 0 Å². The first-order valence-electron chi connectivity index (χ1n) is 13.7. The van der Waals surface area contributed by atoms with Crippen LogP contribution < -0.4 is 18.9 Å². The van der Waals surface area contributed by atoms with Crippen LogP contribution in [-0.4, -0.2) is 53.6 Å². The van der Waals surface area contributed by atoms with E-state index in [9.17, 15) is 0 Å². The summed E-state index contributed by atoms with van der Waals surface area (Å²) in [5.41, 5.74) is 4.25. The van der Waals surface area contributed by atoms with Gasteiger partial charge in [0.1, 0.15) is 54.7 Å². The Labute approximate surface area is 242 Å². The number of hydrogen-bond donors (Lipinski definition) is 0. The molecule has 1 aromatic heterocycles. The Balaban J connectivity index is 0.941. The molecule has 42 heavy (non-hydrogen) atoms. The van der Waals surface area contributed by atoms with E-state index in [0.717, 1.165) is 47.0 Å². The van der Waals surface area contributed by atoms with Crippen molar-refractivity contribution >= 4 is 0 Å². The molecule has 0 spiro atoms. The minimum Gasteiger partial charge on any atom is -0.491 e. The maximum atomic E-state index is 5.86. The molecule has 2 fully saturated rings. The number of rotatable bonds is 12. The van der Waals surface area contributed by atoms with Gasteiger partial charge in [0, 0.05) is 0 Å². The molecule has 0 N–H and O–H groups in total. The van der Waals surface area contributed by atoms with Crippen LogP contribution in [0.1, 0.15) is 0 Å². The lowest BCUT2D eigenvalue weighted by molar-refractivity contribution is 0.263. The Morgan fingerprint density at radius 2 is 0.833 bits per heavy atom. The molecule has 2 unspecified atom stereocenters. The van der Waals surface area contributed by atoms with Crippen LogP contribution in [0, 0.1) is 0 Å². The van der Waals surface area contributed by atoms with E-state index >= 15 is 0 Å². The predicted molar refractivity (Wildman–Crippen MR) is 154 cm³/mol. The molecule has 9 heteroatoms. The summed E-state index contributed by atoms with van der Waals surface area (Å²) in [7, 11) is 0. The molecule has 2 saturated heterocycles. The van der Waals surface area contributed by atoms with E-state index in [1.807, 2.05) is 97.1 Å². The number of ether oxygens (including phenoxy) is 6. The van der Waals surface area contributed by atoms with Gasteiger partial charge in [-0.1, -0.05) is 48.5 Å². The summed E-state index contributed by atoms with van der Waals surface area (Å²) >= 11 is 0. The molecule has 9 nitrogen and oxygen atoms in total. The van der Waals surface area contributed by atoms with Crippen LogP contribution in [0.15, 0.2) is 103 Å². The van der Waals surface area contributed by atoms with Crippen molar-refractivity contribution in [1.82, 2.24) is 15.0 Å². The number of nitrogens with zero attached hydrogens (tertiary/aromatic N) is 3. The van der Waals surface area contributed by atoms with Gasteiger partial charge < -0.3 is 28.4 Å². The highest BCUT2D eigenvalue weighted by molar-refractivity contribution is 5.66. The summed E-state index contributed by atoms with van der Waals surface area (Å²) in [6.45, 7) is 2.74. The molecule has 0 amide bonds. The Morgan fingerprint density at radius 1 is 0.500 bits per heavy atom. The lowest BCUT2D eigenvalue weighted by atomic mass is 10.1. The van der Waals surface area contributed by atoms with Gasteiger partial charge in [-0.25, -0.2) is 0 Å². The van der Waals surface area contributed by atoms with Gasteiger partial charge in [0.05, 0.1) is 13.2 Å². The van der Waals surface area contributed by atoms with Gasteiger partial charge in [-0.05, 0) is 70.8 Å². The fraction of sp³-hybridized carbons (Fsp3) is 0.182. The fourth-order valence-electron chi connectivity index (χ4n) is 4.20. The van der Waals surface area contributed by atoms with Crippen molar-refractivity contribution < 1.29 is 28.4 Å². The second-order valence-corrected chi connectivity index (χ2v) is 9.88.